The summed E-state index contributed by atoms with van der Waals surface area (Å²) in [4.78, 5) is 20.6. The minimum atomic E-state index is -0.391. The molecule has 0 spiro atoms. The van der Waals surface area contributed by atoms with Gasteiger partial charge in [0.05, 0.1) is 6.54 Å². The number of carbonyl (C=O) groups excluding carboxylic acids is 1. The number of nitrogens with two attached hydrogens (primary N) is 2. The molecule has 0 atom stereocenters. The maximum absolute atomic E-state index is 11.0. The van der Waals surface area contributed by atoms with Crippen molar-refractivity contribution in [2.75, 3.05) is 23.7 Å². The predicted octanol–water partition coefficient (Wildman–Crippen LogP) is 0.00650. The van der Waals surface area contributed by atoms with Crippen LogP contribution in [0.5, 0.6) is 0 Å². The summed E-state index contributed by atoms with van der Waals surface area (Å²) in [7, 11) is 0. The maximum atomic E-state index is 11.0. The van der Waals surface area contributed by atoms with Gasteiger partial charge in [0.1, 0.15) is 18.0 Å². The first-order chi connectivity index (χ1) is 7.49. The minimum absolute atomic E-state index is 0.134. The van der Waals surface area contributed by atoms with Gasteiger partial charge in [-0.05, 0) is 5.92 Å². The molecule has 0 unspecified atom stereocenters. The summed E-state index contributed by atoms with van der Waals surface area (Å²) in [6.45, 7) is 4.94. The molecule has 0 saturated carbocycles. The third-order valence-electron chi connectivity index (χ3n) is 1.93. The quantitative estimate of drug-likeness (QED) is 0.732. The summed E-state index contributed by atoms with van der Waals surface area (Å²) in [6.07, 6.45) is 1.37. The Morgan fingerprint density at radius 2 is 2.19 bits per heavy atom. The molecule has 1 amide bonds. The zero-order chi connectivity index (χ0) is 12.1. The maximum Gasteiger partial charge on any atom is 0.236 e. The molecule has 0 aliphatic rings. The van der Waals surface area contributed by atoms with Gasteiger partial charge in [-0.25, -0.2) is 9.97 Å². The molecule has 0 bridgehead atoms. The Morgan fingerprint density at radius 1 is 1.50 bits per heavy atom. The van der Waals surface area contributed by atoms with Gasteiger partial charge >= 0.3 is 0 Å². The molecule has 0 fully saturated rings. The van der Waals surface area contributed by atoms with Gasteiger partial charge in [-0.15, -0.1) is 0 Å². The highest BCUT2D eigenvalue weighted by molar-refractivity contribution is 5.79. The lowest BCUT2D eigenvalue weighted by Crippen LogP contribution is -2.36. The fourth-order valence-electron chi connectivity index (χ4n) is 1.40. The van der Waals surface area contributed by atoms with Gasteiger partial charge in [-0.1, -0.05) is 13.8 Å². The van der Waals surface area contributed by atoms with E-state index < -0.39 is 5.91 Å². The number of rotatable bonds is 5. The average molecular weight is 223 g/mol. The van der Waals surface area contributed by atoms with Crippen LogP contribution in [0, 0.1) is 5.92 Å². The Hall–Kier alpha value is -1.85. The van der Waals surface area contributed by atoms with Crippen LogP contribution in [0.2, 0.25) is 0 Å². The smallest absolute Gasteiger partial charge is 0.236 e. The Labute approximate surface area is 94.7 Å². The Balaban J connectivity index is 2.86. The van der Waals surface area contributed by atoms with E-state index in [-0.39, 0.29) is 6.54 Å². The molecule has 0 radical (unpaired) electrons. The number of nitrogens with zero attached hydrogens (tertiary/aromatic N) is 3. The normalized spacial score (nSPS) is 10.4. The van der Waals surface area contributed by atoms with Crippen molar-refractivity contribution in [2.24, 2.45) is 11.7 Å². The van der Waals surface area contributed by atoms with Gasteiger partial charge in [-0.3, -0.25) is 4.79 Å². The molecular formula is C10H17N5O. The van der Waals surface area contributed by atoms with Crippen LogP contribution in [0.3, 0.4) is 0 Å². The topological polar surface area (TPSA) is 98.1 Å². The second kappa shape index (κ2) is 5.29. The molecule has 0 saturated heterocycles. The van der Waals surface area contributed by atoms with Crippen LogP contribution in [0.15, 0.2) is 12.4 Å². The van der Waals surface area contributed by atoms with Crippen molar-refractivity contribution >= 4 is 17.5 Å². The van der Waals surface area contributed by atoms with Gasteiger partial charge in [0.25, 0.3) is 0 Å². The van der Waals surface area contributed by atoms with Crippen LogP contribution in [0.25, 0.3) is 0 Å². The number of hydrogen-bond acceptors (Lipinski definition) is 5. The van der Waals surface area contributed by atoms with E-state index in [9.17, 15) is 4.79 Å². The third-order valence-corrected chi connectivity index (χ3v) is 1.93. The summed E-state index contributed by atoms with van der Waals surface area (Å²) in [6, 6.07) is 1.63. The van der Waals surface area contributed by atoms with E-state index in [1.807, 2.05) is 0 Å². The Bertz CT molecular complexity index is 366. The molecule has 1 rings (SSSR count). The van der Waals surface area contributed by atoms with E-state index in [0.717, 1.165) is 0 Å². The van der Waals surface area contributed by atoms with Crippen molar-refractivity contribution in [1.82, 2.24) is 9.97 Å². The minimum Gasteiger partial charge on any atom is -0.384 e. The fourth-order valence-corrected chi connectivity index (χ4v) is 1.40. The first-order valence-electron chi connectivity index (χ1n) is 5.10. The second-order valence-corrected chi connectivity index (χ2v) is 4.04. The van der Waals surface area contributed by atoms with Crippen molar-refractivity contribution < 1.29 is 4.79 Å². The third kappa shape index (κ3) is 3.72. The standard InChI is InChI=1S/C10H17N5O/c1-7(2)4-15(5-9(12)16)10-3-8(11)13-6-14-10/h3,6-7H,4-5H2,1-2H3,(H2,12,16)(H2,11,13,14). The highest BCUT2D eigenvalue weighted by atomic mass is 16.1. The summed E-state index contributed by atoms with van der Waals surface area (Å²) in [5.41, 5.74) is 10.8. The molecule has 0 aliphatic carbocycles. The fraction of sp³-hybridized carbons (Fsp3) is 0.500. The summed E-state index contributed by atoms with van der Waals surface area (Å²) in [5.74, 6) is 1.01. The largest absolute Gasteiger partial charge is 0.384 e. The average Bonchev–Trinajstić information content (AvgIpc) is 2.15. The lowest BCUT2D eigenvalue weighted by atomic mass is 10.2. The van der Waals surface area contributed by atoms with E-state index in [2.05, 4.69) is 23.8 Å². The number of carbonyl (C=O) groups is 1. The van der Waals surface area contributed by atoms with Crippen molar-refractivity contribution in [1.29, 1.82) is 0 Å². The Kier molecular flexibility index (Phi) is 4.04. The monoisotopic (exact) mass is 223 g/mol. The van der Waals surface area contributed by atoms with Crippen LogP contribution in [0.4, 0.5) is 11.6 Å². The van der Waals surface area contributed by atoms with Crippen LogP contribution in [-0.4, -0.2) is 29.0 Å². The van der Waals surface area contributed by atoms with Crippen LogP contribution in [-0.2, 0) is 4.79 Å². The number of aromatic nitrogens is 2. The van der Waals surface area contributed by atoms with Crippen LogP contribution in [0.1, 0.15) is 13.8 Å². The highest BCUT2D eigenvalue weighted by Gasteiger charge is 2.12. The predicted molar refractivity (Wildman–Crippen MR) is 62.7 cm³/mol. The molecule has 1 aromatic rings. The SMILES string of the molecule is CC(C)CN(CC(N)=O)c1cc(N)ncn1. The van der Waals surface area contributed by atoms with Crippen LogP contribution >= 0.6 is 0 Å². The van der Waals surface area contributed by atoms with Gasteiger partial charge in [0.15, 0.2) is 0 Å². The van der Waals surface area contributed by atoms with Crippen molar-refractivity contribution in [3.05, 3.63) is 12.4 Å². The molecule has 6 nitrogen and oxygen atoms in total. The molecule has 88 valence electrons. The van der Waals surface area contributed by atoms with E-state index in [1.54, 1.807) is 11.0 Å². The number of amides is 1. The molecule has 6 heteroatoms. The molecule has 1 heterocycles. The van der Waals surface area contributed by atoms with Crippen molar-refractivity contribution in [3.8, 4) is 0 Å². The summed E-state index contributed by atoms with van der Waals surface area (Å²) < 4.78 is 0. The summed E-state index contributed by atoms with van der Waals surface area (Å²) in [5, 5.41) is 0. The van der Waals surface area contributed by atoms with E-state index >= 15 is 0 Å². The van der Waals surface area contributed by atoms with Gasteiger partial charge in [0.2, 0.25) is 5.91 Å². The van der Waals surface area contributed by atoms with Crippen LogP contribution < -0.4 is 16.4 Å². The first-order valence-corrected chi connectivity index (χ1v) is 5.10. The van der Waals surface area contributed by atoms with Crippen molar-refractivity contribution in [2.45, 2.75) is 13.8 Å². The summed E-state index contributed by atoms with van der Waals surface area (Å²) >= 11 is 0. The zero-order valence-electron chi connectivity index (χ0n) is 9.55. The van der Waals surface area contributed by atoms with Gasteiger partial charge < -0.3 is 16.4 Å². The van der Waals surface area contributed by atoms with E-state index in [1.165, 1.54) is 6.33 Å². The first kappa shape index (κ1) is 12.2. The lowest BCUT2D eigenvalue weighted by molar-refractivity contribution is -0.116. The number of nitrogen functional groups attached to an aromatic ring is 1. The van der Waals surface area contributed by atoms with Gasteiger partial charge in [-0.2, -0.15) is 0 Å². The number of primary amides is 1. The zero-order valence-corrected chi connectivity index (χ0v) is 9.55. The molecule has 0 aliphatic heterocycles. The molecule has 16 heavy (non-hydrogen) atoms. The number of anilines is 2. The molecular weight excluding hydrogens is 206 g/mol. The van der Waals surface area contributed by atoms with E-state index in [0.29, 0.717) is 24.1 Å². The number of hydrogen-bond donors (Lipinski definition) is 2. The highest BCUT2D eigenvalue weighted by Crippen LogP contribution is 2.13. The second-order valence-electron chi connectivity index (χ2n) is 4.04. The van der Waals surface area contributed by atoms with E-state index in [4.69, 9.17) is 11.5 Å². The van der Waals surface area contributed by atoms with Crippen molar-refractivity contribution in [3.63, 3.8) is 0 Å². The Morgan fingerprint density at radius 3 is 2.69 bits per heavy atom. The molecule has 0 aromatic carbocycles. The molecule has 1 aromatic heterocycles. The molecule has 4 N–H and O–H groups in total. The lowest BCUT2D eigenvalue weighted by Gasteiger charge is -2.23. The van der Waals surface area contributed by atoms with Gasteiger partial charge in [0, 0.05) is 12.6 Å².